The topological polar surface area (TPSA) is 35.5 Å². The summed E-state index contributed by atoms with van der Waals surface area (Å²) in [6.45, 7) is 2.13. The summed E-state index contributed by atoms with van der Waals surface area (Å²) < 4.78 is 24.6. The number of ether oxygens (including phenoxy) is 2. The van der Waals surface area contributed by atoms with Gasteiger partial charge in [-0.05, 0) is 60.0 Å². The number of Topliss-reactive ketones (excluding diaryl/α,β-unsaturated/α-hetero) is 1. The average molecular weight is 395 g/mol. The summed E-state index contributed by atoms with van der Waals surface area (Å²) in [6, 6.07) is 16.8. The molecular weight excluding hydrogens is 379 g/mol. The number of carbonyl (C=O) groups excluding carboxylic acids is 1. The molecule has 0 aromatic heterocycles. The molecule has 0 saturated heterocycles. The molecule has 4 rings (SSSR count). The van der Waals surface area contributed by atoms with Gasteiger partial charge in [-0.1, -0.05) is 35.9 Å². The van der Waals surface area contributed by atoms with Crippen molar-refractivity contribution >= 4 is 23.5 Å². The Morgan fingerprint density at radius 1 is 1.07 bits per heavy atom. The van der Waals surface area contributed by atoms with E-state index in [1.165, 1.54) is 12.1 Å². The third-order valence-corrected chi connectivity index (χ3v) is 4.68. The highest BCUT2D eigenvalue weighted by Crippen LogP contribution is 2.37. The molecule has 0 fully saturated rings. The largest absolute Gasteiger partial charge is 0.489 e. The van der Waals surface area contributed by atoms with E-state index in [1.54, 1.807) is 42.5 Å². The van der Waals surface area contributed by atoms with Gasteiger partial charge in [0.2, 0.25) is 5.78 Å². The fraction of sp³-hybridized carbons (Fsp3) is 0.0870. The van der Waals surface area contributed by atoms with Gasteiger partial charge in [-0.25, -0.2) is 4.39 Å². The van der Waals surface area contributed by atoms with Crippen molar-refractivity contribution in [3.8, 4) is 11.5 Å². The Hall–Kier alpha value is -3.11. The molecule has 0 N–H and O–H groups in total. The molecule has 28 heavy (non-hydrogen) atoms. The molecule has 0 amide bonds. The van der Waals surface area contributed by atoms with Crippen molar-refractivity contribution in [3.05, 3.63) is 99.5 Å². The van der Waals surface area contributed by atoms with E-state index in [1.807, 2.05) is 19.1 Å². The number of ketones is 1. The number of allylic oxidation sites excluding steroid dienone is 1. The van der Waals surface area contributed by atoms with Crippen molar-refractivity contribution in [1.82, 2.24) is 0 Å². The molecule has 0 radical (unpaired) electrons. The van der Waals surface area contributed by atoms with E-state index in [9.17, 15) is 9.18 Å². The number of aryl methyl sites for hydroxylation is 1. The first kappa shape index (κ1) is 18.3. The van der Waals surface area contributed by atoms with Crippen LogP contribution in [0.4, 0.5) is 4.39 Å². The van der Waals surface area contributed by atoms with E-state index in [0.717, 1.165) is 16.7 Å². The highest BCUT2D eigenvalue weighted by Gasteiger charge is 2.30. The molecule has 3 nitrogen and oxygen atoms in total. The maximum absolute atomic E-state index is 13.0. The first-order valence-corrected chi connectivity index (χ1v) is 9.09. The molecule has 5 heteroatoms. The molecule has 0 atom stereocenters. The van der Waals surface area contributed by atoms with Gasteiger partial charge in [0.15, 0.2) is 5.76 Å². The van der Waals surface area contributed by atoms with E-state index in [2.05, 4.69) is 0 Å². The number of halogens is 2. The minimum Gasteiger partial charge on any atom is -0.489 e. The molecule has 0 bridgehead atoms. The predicted molar refractivity (Wildman–Crippen MR) is 106 cm³/mol. The Labute approximate surface area is 167 Å². The summed E-state index contributed by atoms with van der Waals surface area (Å²) in [6.07, 6.45) is 1.69. The Kier molecular flexibility index (Phi) is 4.88. The van der Waals surface area contributed by atoms with Crippen LogP contribution in [0.25, 0.3) is 6.08 Å². The van der Waals surface area contributed by atoms with Crippen LogP contribution < -0.4 is 9.47 Å². The zero-order valence-corrected chi connectivity index (χ0v) is 15.8. The first-order valence-electron chi connectivity index (χ1n) is 8.71. The van der Waals surface area contributed by atoms with E-state index < -0.39 is 0 Å². The highest BCUT2D eigenvalue weighted by atomic mass is 35.5. The second-order valence-corrected chi connectivity index (χ2v) is 6.96. The van der Waals surface area contributed by atoms with Crippen molar-refractivity contribution < 1.29 is 18.7 Å². The Bertz CT molecular complexity index is 1070. The zero-order chi connectivity index (χ0) is 19.7. The van der Waals surface area contributed by atoms with Gasteiger partial charge in [0, 0.05) is 11.1 Å². The van der Waals surface area contributed by atoms with E-state index in [0.29, 0.717) is 28.7 Å². The summed E-state index contributed by atoms with van der Waals surface area (Å²) in [5.74, 6) is 0.869. The van der Waals surface area contributed by atoms with Gasteiger partial charge in [-0.3, -0.25) is 4.79 Å². The summed E-state index contributed by atoms with van der Waals surface area (Å²) in [5, 5.41) is 0.628. The van der Waals surface area contributed by atoms with Crippen LogP contribution in [0.5, 0.6) is 11.5 Å². The first-order chi connectivity index (χ1) is 13.5. The molecule has 0 aliphatic carbocycles. The molecule has 1 aliphatic heterocycles. The third kappa shape index (κ3) is 3.78. The fourth-order valence-electron chi connectivity index (χ4n) is 3.02. The maximum Gasteiger partial charge on any atom is 0.232 e. The number of rotatable bonds is 4. The number of fused-ring (bicyclic) bond motifs is 1. The minimum atomic E-state index is -0.288. The van der Waals surface area contributed by atoms with Gasteiger partial charge >= 0.3 is 0 Å². The van der Waals surface area contributed by atoms with Crippen molar-refractivity contribution in [3.63, 3.8) is 0 Å². The highest BCUT2D eigenvalue weighted by molar-refractivity contribution is 6.30. The Morgan fingerprint density at radius 2 is 1.79 bits per heavy atom. The standard InChI is InChI=1S/C23H16ClFO3/c1-14-10-19(27-13-16-4-8-18(25)9-5-16)12-20-22(14)23(26)21(28-20)11-15-2-6-17(24)7-3-15/h2-12H,13H2,1H3/b21-11-. The lowest BCUT2D eigenvalue weighted by molar-refractivity contribution is 0.101. The van der Waals surface area contributed by atoms with Crippen molar-refractivity contribution in [2.75, 3.05) is 0 Å². The van der Waals surface area contributed by atoms with Crippen LogP contribution in [0.2, 0.25) is 5.02 Å². The van der Waals surface area contributed by atoms with Crippen LogP contribution in [0, 0.1) is 12.7 Å². The number of hydrogen-bond donors (Lipinski definition) is 0. The molecular formula is C23H16ClFO3. The second-order valence-electron chi connectivity index (χ2n) is 6.52. The summed E-state index contributed by atoms with van der Waals surface area (Å²) in [4.78, 5) is 12.7. The molecule has 3 aromatic carbocycles. The van der Waals surface area contributed by atoms with E-state index >= 15 is 0 Å². The van der Waals surface area contributed by atoms with Gasteiger partial charge in [0.05, 0.1) is 5.56 Å². The van der Waals surface area contributed by atoms with Gasteiger partial charge in [0.1, 0.15) is 23.9 Å². The molecule has 0 unspecified atom stereocenters. The monoisotopic (exact) mass is 394 g/mol. The van der Waals surface area contributed by atoms with Crippen LogP contribution >= 0.6 is 11.6 Å². The SMILES string of the molecule is Cc1cc(OCc2ccc(F)cc2)cc2c1C(=O)/C(=C/c1ccc(Cl)cc1)O2. The normalized spacial score (nSPS) is 14.1. The Balaban J connectivity index is 1.55. The molecule has 0 spiro atoms. The van der Waals surface area contributed by atoms with Crippen molar-refractivity contribution in [2.45, 2.75) is 13.5 Å². The van der Waals surface area contributed by atoms with Gasteiger partial charge in [-0.2, -0.15) is 0 Å². The lowest BCUT2D eigenvalue weighted by Crippen LogP contribution is -2.00. The Morgan fingerprint density at radius 3 is 2.50 bits per heavy atom. The van der Waals surface area contributed by atoms with Crippen LogP contribution in [0.3, 0.4) is 0 Å². The van der Waals surface area contributed by atoms with Gasteiger partial charge < -0.3 is 9.47 Å². The van der Waals surface area contributed by atoms with Crippen LogP contribution in [-0.2, 0) is 6.61 Å². The molecule has 0 saturated carbocycles. The number of benzene rings is 3. The predicted octanol–water partition coefficient (Wildman–Crippen LogP) is 5.98. The minimum absolute atomic E-state index is 0.160. The fourth-order valence-corrected chi connectivity index (χ4v) is 3.14. The lowest BCUT2D eigenvalue weighted by Gasteiger charge is -2.09. The summed E-state index contributed by atoms with van der Waals surface area (Å²) in [5.41, 5.74) is 2.98. The van der Waals surface area contributed by atoms with E-state index in [-0.39, 0.29) is 17.4 Å². The average Bonchev–Trinajstić information content (AvgIpc) is 2.99. The van der Waals surface area contributed by atoms with E-state index in [4.69, 9.17) is 21.1 Å². The third-order valence-electron chi connectivity index (χ3n) is 4.43. The number of hydrogen-bond acceptors (Lipinski definition) is 3. The molecule has 140 valence electrons. The smallest absolute Gasteiger partial charge is 0.232 e. The second kappa shape index (κ2) is 7.49. The lowest BCUT2D eigenvalue weighted by atomic mass is 10.0. The maximum atomic E-state index is 13.0. The molecule has 3 aromatic rings. The van der Waals surface area contributed by atoms with Gasteiger partial charge in [0.25, 0.3) is 0 Å². The summed E-state index contributed by atoms with van der Waals surface area (Å²) >= 11 is 5.90. The van der Waals surface area contributed by atoms with Crippen LogP contribution in [-0.4, -0.2) is 5.78 Å². The van der Waals surface area contributed by atoms with Crippen LogP contribution in [0.1, 0.15) is 27.0 Å². The van der Waals surface area contributed by atoms with Crippen molar-refractivity contribution in [2.24, 2.45) is 0 Å². The zero-order valence-electron chi connectivity index (χ0n) is 15.0. The van der Waals surface area contributed by atoms with Crippen LogP contribution in [0.15, 0.2) is 66.4 Å². The quantitative estimate of drug-likeness (QED) is 0.510. The summed E-state index contributed by atoms with van der Waals surface area (Å²) in [7, 11) is 0. The van der Waals surface area contributed by atoms with Crippen molar-refractivity contribution in [1.29, 1.82) is 0 Å². The molecule has 1 aliphatic rings. The van der Waals surface area contributed by atoms with Gasteiger partial charge in [-0.15, -0.1) is 0 Å². The number of carbonyl (C=O) groups is 1. The molecule has 1 heterocycles.